The minimum atomic E-state index is -0.351. The van der Waals surface area contributed by atoms with Crippen molar-refractivity contribution in [1.29, 1.82) is 0 Å². The summed E-state index contributed by atoms with van der Waals surface area (Å²) < 4.78 is 19.0. The fourth-order valence-electron chi connectivity index (χ4n) is 1.61. The number of para-hydroxylation sites is 1. The monoisotopic (exact) mass is 409 g/mol. The van der Waals surface area contributed by atoms with E-state index in [2.05, 4.69) is 15.6 Å². The molecule has 0 radical (unpaired) electrons. The summed E-state index contributed by atoms with van der Waals surface area (Å²) in [7, 11) is 0. The van der Waals surface area contributed by atoms with Gasteiger partial charge in [-0.25, -0.2) is 9.38 Å². The van der Waals surface area contributed by atoms with Gasteiger partial charge in [-0.05, 0) is 39.8 Å². The van der Waals surface area contributed by atoms with Gasteiger partial charge in [0.15, 0.2) is 17.5 Å². The molecule has 21 heavy (non-hydrogen) atoms. The summed E-state index contributed by atoms with van der Waals surface area (Å²) in [5.41, 5.74) is 0. The van der Waals surface area contributed by atoms with Crippen LogP contribution < -0.4 is 15.4 Å². The molecule has 6 heteroatoms. The molecule has 0 aliphatic rings. The summed E-state index contributed by atoms with van der Waals surface area (Å²) in [6.45, 7) is 9.22. The Labute approximate surface area is 143 Å². The molecule has 1 atom stereocenters. The Bertz CT molecular complexity index is 441. The molecule has 120 valence electrons. The van der Waals surface area contributed by atoms with E-state index in [0.717, 1.165) is 12.5 Å². The van der Waals surface area contributed by atoms with Crippen LogP contribution in [0, 0.1) is 5.82 Å². The summed E-state index contributed by atoms with van der Waals surface area (Å²) in [6, 6.07) is 6.69. The van der Waals surface area contributed by atoms with Crippen molar-refractivity contribution in [1.82, 2.24) is 10.6 Å². The van der Waals surface area contributed by atoms with E-state index in [9.17, 15) is 4.39 Å². The van der Waals surface area contributed by atoms with E-state index in [1.165, 1.54) is 6.07 Å². The molecular formula is C15H25FIN3O. The van der Waals surface area contributed by atoms with Gasteiger partial charge in [-0.1, -0.05) is 12.1 Å². The quantitative estimate of drug-likeness (QED) is 0.431. The molecule has 0 bridgehead atoms. The summed E-state index contributed by atoms with van der Waals surface area (Å²) in [4.78, 5) is 4.43. The van der Waals surface area contributed by atoms with Gasteiger partial charge in [-0.3, -0.25) is 0 Å². The molecule has 1 aromatic carbocycles. The van der Waals surface area contributed by atoms with E-state index >= 15 is 0 Å². The van der Waals surface area contributed by atoms with Gasteiger partial charge in [0, 0.05) is 12.6 Å². The van der Waals surface area contributed by atoms with Crippen molar-refractivity contribution >= 4 is 29.9 Å². The average molecular weight is 409 g/mol. The molecule has 0 amide bonds. The summed E-state index contributed by atoms with van der Waals surface area (Å²) in [5.74, 6) is 0.652. The van der Waals surface area contributed by atoms with Crippen LogP contribution in [0.15, 0.2) is 29.3 Å². The fourth-order valence-corrected chi connectivity index (χ4v) is 1.61. The normalized spacial score (nSPS) is 12.6. The molecule has 0 aromatic heterocycles. The number of rotatable bonds is 6. The standard InChI is InChI=1S/C15H24FN3O.HI/c1-5-17-15(19-11(2)3)18-10-12(4)20-14-9-7-6-8-13(14)16;/h6-9,11-12H,5,10H2,1-4H3,(H2,17,18,19);1H. The minimum Gasteiger partial charge on any atom is -0.486 e. The highest BCUT2D eigenvalue weighted by molar-refractivity contribution is 14.0. The molecule has 1 rings (SSSR count). The van der Waals surface area contributed by atoms with Crippen molar-refractivity contribution in [3.63, 3.8) is 0 Å². The Balaban J connectivity index is 0.00000400. The van der Waals surface area contributed by atoms with E-state index in [1.807, 2.05) is 27.7 Å². The topological polar surface area (TPSA) is 45.7 Å². The highest BCUT2D eigenvalue weighted by atomic mass is 127. The maximum atomic E-state index is 13.5. The zero-order chi connectivity index (χ0) is 15.0. The third-order valence-corrected chi connectivity index (χ3v) is 2.44. The molecule has 0 heterocycles. The lowest BCUT2D eigenvalue weighted by Crippen LogP contribution is -2.41. The summed E-state index contributed by atoms with van der Waals surface area (Å²) in [5, 5.41) is 6.37. The zero-order valence-corrected chi connectivity index (χ0v) is 15.4. The van der Waals surface area contributed by atoms with Crippen molar-refractivity contribution in [3.8, 4) is 5.75 Å². The SMILES string of the molecule is CCNC(=NCC(C)Oc1ccccc1F)NC(C)C.I. The van der Waals surface area contributed by atoms with Crippen LogP contribution in [0.2, 0.25) is 0 Å². The Kier molecular flexibility index (Phi) is 10.1. The first-order chi connectivity index (χ1) is 9.52. The number of benzene rings is 1. The van der Waals surface area contributed by atoms with Crippen LogP contribution in [0.5, 0.6) is 5.75 Å². The van der Waals surface area contributed by atoms with E-state index in [4.69, 9.17) is 4.74 Å². The van der Waals surface area contributed by atoms with Gasteiger partial charge in [0.1, 0.15) is 6.10 Å². The molecule has 0 aliphatic heterocycles. The van der Waals surface area contributed by atoms with Crippen molar-refractivity contribution in [2.75, 3.05) is 13.1 Å². The number of hydrogen-bond acceptors (Lipinski definition) is 2. The Morgan fingerprint density at radius 3 is 2.52 bits per heavy atom. The predicted octanol–water partition coefficient (Wildman–Crippen LogP) is 3.17. The first kappa shape index (κ1) is 19.9. The van der Waals surface area contributed by atoms with Crippen LogP contribution in [0.25, 0.3) is 0 Å². The highest BCUT2D eigenvalue weighted by Crippen LogP contribution is 2.16. The van der Waals surface area contributed by atoms with Crippen molar-refractivity contribution in [2.45, 2.75) is 39.8 Å². The van der Waals surface area contributed by atoms with Gasteiger partial charge in [-0.2, -0.15) is 0 Å². The van der Waals surface area contributed by atoms with E-state index in [0.29, 0.717) is 12.6 Å². The molecule has 0 fully saturated rings. The van der Waals surface area contributed by atoms with Crippen LogP contribution in [0.4, 0.5) is 4.39 Å². The van der Waals surface area contributed by atoms with Gasteiger partial charge >= 0.3 is 0 Å². The predicted molar refractivity (Wildman–Crippen MR) is 96.2 cm³/mol. The van der Waals surface area contributed by atoms with E-state index < -0.39 is 0 Å². The van der Waals surface area contributed by atoms with Gasteiger partial charge in [0.25, 0.3) is 0 Å². The van der Waals surface area contributed by atoms with E-state index in [-0.39, 0.29) is 41.6 Å². The van der Waals surface area contributed by atoms with E-state index in [1.54, 1.807) is 18.2 Å². The number of halogens is 2. The van der Waals surface area contributed by atoms with Crippen LogP contribution in [0.3, 0.4) is 0 Å². The van der Waals surface area contributed by atoms with Crippen molar-refractivity contribution < 1.29 is 9.13 Å². The zero-order valence-electron chi connectivity index (χ0n) is 13.0. The average Bonchev–Trinajstić information content (AvgIpc) is 2.38. The van der Waals surface area contributed by atoms with Crippen LogP contribution in [0.1, 0.15) is 27.7 Å². The first-order valence-electron chi connectivity index (χ1n) is 6.99. The number of guanidine groups is 1. The Morgan fingerprint density at radius 2 is 1.95 bits per heavy atom. The number of nitrogens with one attached hydrogen (secondary N) is 2. The molecule has 1 unspecified atom stereocenters. The number of ether oxygens (including phenoxy) is 1. The highest BCUT2D eigenvalue weighted by Gasteiger charge is 2.08. The molecule has 0 spiro atoms. The van der Waals surface area contributed by atoms with Gasteiger partial charge in [0.05, 0.1) is 6.54 Å². The van der Waals surface area contributed by atoms with Crippen molar-refractivity contribution in [3.05, 3.63) is 30.1 Å². The second kappa shape index (κ2) is 10.6. The summed E-state index contributed by atoms with van der Waals surface area (Å²) >= 11 is 0. The fraction of sp³-hybridized carbons (Fsp3) is 0.533. The first-order valence-corrected chi connectivity index (χ1v) is 6.99. The van der Waals surface area contributed by atoms with Crippen LogP contribution in [-0.2, 0) is 0 Å². The molecule has 0 aliphatic carbocycles. The lowest BCUT2D eigenvalue weighted by atomic mass is 10.3. The number of nitrogens with zero attached hydrogens (tertiary/aromatic N) is 1. The van der Waals surface area contributed by atoms with Gasteiger partial charge in [0.2, 0.25) is 0 Å². The van der Waals surface area contributed by atoms with Gasteiger partial charge < -0.3 is 15.4 Å². The molecular weight excluding hydrogens is 384 g/mol. The smallest absolute Gasteiger partial charge is 0.191 e. The summed E-state index contributed by atoms with van der Waals surface area (Å²) in [6.07, 6.45) is -0.200. The third-order valence-electron chi connectivity index (χ3n) is 2.44. The third kappa shape index (κ3) is 8.08. The second-order valence-electron chi connectivity index (χ2n) is 4.88. The lowest BCUT2D eigenvalue weighted by Gasteiger charge is -2.16. The van der Waals surface area contributed by atoms with Crippen LogP contribution >= 0.6 is 24.0 Å². The lowest BCUT2D eigenvalue weighted by molar-refractivity contribution is 0.220. The second-order valence-corrected chi connectivity index (χ2v) is 4.88. The Hall–Kier alpha value is -1.05. The van der Waals surface area contributed by atoms with Crippen LogP contribution in [-0.4, -0.2) is 31.2 Å². The molecule has 2 N–H and O–H groups in total. The largest absolute Gasteiger partial charge is 0.486 e. The minimum absolute atomic E-state index is 0. The Morgan fingerprint density at radius 1 is 1.29 bits per heavy atom. The van der Waals surface area contributed by atoms with Crippen molar-refractivity contribution in [2.24, 2.45) is 4.99 Å². The molecule has 1 aromatic rings. The number of hydrogen-bond donors (Lipinski definition) is 2. The molecule has 0 saturated carbocycles. The van der Waals surface area contributed by atoms with Gasteiger partial charge in [-0.15, -0.1) is 24.0 Å². The number of aliphatic imine (C=N–C) groups is 1. The molecule has 4 nitrogen and oxygen atoms in total. The maximum Gasteiger partial charge on any atom is 0.191 e. The molecule has 0 saturated heterocycles. The maximum absolute atomic E-state index is 13.5.